The van der Waals surface area contributed by atoms with Gasteiger partial charge in [0, 0.05) is 25.1 Å². The van der Waals surface area contributed by atoms with E-state index in [9.17, 15) is 4.79 Å². The van der Waals surface area contributed by atoms with Crippen molar-refractivity contribution in [2.45, 2.75) is 20.0 Å². The predicted molar refractivity (Wildman–Crippen MR) is 78.0 cm³/mol. The summed E-state index contributed by atoms with van der Waals surface area (Å²) in [6.07, 6.45) is 4.87. The van der Waals surface area contributed by atoms with Crippen LogP contribution in [0.25, 0.3) is 5.65 Å². The Hall–Kier alpha value is -2.90. The third-order valence-electron chi connectivity index (χ3n) is 3.80. The average molecular weight is 298 g/mol. The van der Waals surface area contributed by atoms with Crippen molar-refractivity contribution in [2.75, 3.05) is 11.4 Å². The Morgan fingerprint density at radius 3 is 3.05 bits per heavy atom. The van der Waals surface area contributed by atoms with Gasteiger partial charge >= 0.3 is 5.97 Å². The highest BCUT2D eigenvalue weighted by atomic mass is 16.4. The van der Waals surface area contributed by atoms with Crippen LogP contribution in [-0.2, 0) is 13.1 Å². The molecular formula is C14H14N6O2. The molecule has 0 bridgehead atoms. The zero-order valence-corrected chi connectivity index (χ0v) is 12.0. The van der Waals surface area contributed by atoms with Gasteiger partial charge in [-0.15, -0.1) is 0 Å². The van der Waals surface area contributed by atoms with Crippen LogP contribution in [0.1, 0.15) is 21.9 Å². The molecule has 22 heavy (non-hydrogen) atoms. The number of rotatable bonds is 2. The Morgan fingerprint density at radius 1 is 1.36 bits per heavy atom. The highest BCUT2D eigenvalue weighted by Gasteiger charge is 2.22. The average Bonchev–Trinajstić information content (AvgIpc) is 3.07. The molecular weight excluding hydrogens is 284 g/mol. The molecule has 1 aliphatic rings. The molecule has 0 radical (unpaired) electrons. The summed E-state index contributed by atoms with van der Waals surface area (Å²) in [6, 6.07) is 2.06. The van der Waals surface area contributed by atoms with E-state index in [1.807, 2.05) is 11.6 Å². The summed E-state index contributed by atoms with van der Waals surface area (Å²) in [5.41, 5.74) is 2.70. The van der Waals surface area contributed by atoms with Crippen molar-refractivity contribution in [3.63, 3.8) is 0 Å². The minimum atomic E-state index is -1.04. The molecule has 8 heteroatoms. The molecule has 0 aromatic carbocycles. The van der Waals surface area contributed by atoms with Crippen molar-refractivity contribution in [2.24, 2.45) is 0 Å². The van der Waals surface area contributed by atoms with Gasteiger partial charge < -0.3 is 14.4 Å². The Kier molecular flexibility index (Phi) is 2.65. The maximum absolute atomic E-state index is 11.1. The summed E-state index contributed by atoms with van der Waals surface area (Å²) in [5, 5.41) is 13.5. The summed E-state index contributed by atoms with van der Waals surface area (Å²) in [6.45, 7) is 4.19. The first-order valence-electron chi connectivity index (χ1n) is 6.97. The lowest BCUT2D eigenvalue weighted by Crippen LogP contribution is -2.34. The predicted octanol–water partition coefficient (Wildman–Crippen LogP) is 0.953. The summed E-state index contributed by atoms with van der Waals surface area (Å²) < 4.78 is 3.70. The summed E-state index contributed by atoms with van der Waals surface area (Å²) in [4.78, 5) is 21.8. The van der Waals surface area contributed by atoms with E-state index in [0.717, 1.165) is 24.5 Å². The van der Waals surface area contributed by atoms with Crippen LogP contribution in [0.3, 0.4) is 0 Å². The molecule has 0 atom stereocenters. The molecule has 0 unspecified atom stereocenters. The van der Waals surface area contributed by atoms with Crippen LogP contribution in [0.5, 0.6) is 0 Å². The lowest BCUT2D eigenvalue weighted by Gasteiger charge is -2.28. The summed E-state index contributed by atoms with van der Waals surface area (Å²) in [5.74, 6) is -0.345. The number of aryl methyl sites for hydroxylation is 1. The first-order chi connectivity index (χ1) is 10.6. The van der Waals surface area contributed by atoms with Gasteiger partial charge in [-0.3, -0.25) is 4.68 Å². The molecule has 112 valence electrons. The Bertz CT molecular complexity index is 881. The van der Waals surface area contributed by atoms with Gasteiger partial charge in [0.25, 0.3) is 0 Å². The van der Waals surface area contributed by atoms with E-state index in [1.165, 1.54) is 6.20 Å². The molecule has 0 fully saturated rings. The fourth-order valence-corrected chi connectivity index (χ4v) is 2.82. The molecule has 0 spiro atoms. The van der Waals surface area contributed by atoms with Crippen LogP contribution in [0, 0.1) is 6.92 Å². The van der Waals surface area contributed by atoms with Gasteiger partial charge in [0.05, 0.1) is 24.5 Å². The second-order valence-corrected chi connectivity index (χ2v) is 5.33. The van der Waals surface area contributed by atoms with Crippen LogP contribution < -0.4 is 4.90 Å². The number of nitrogens with zero attached hydrogens (tertiary/aromatic N) is 6. The van der Waals surface area contributed by atoms with Crippen LogP contribution in [0.2, 0.25) is 0 Å². The Balaban J connectivity index is 1.77. The molecule has 0 saturated heterocycles. The number of imidazole rings is 1. The van der Waals surface area contributed by atoms with E-state index in [1.54, 1.807) is 16.8 Å². The smallest absolute Gasteiger partial charge is 0.356 e. The van der Waals surface area contributed by atoms with Gasteiger partial charge in [-0.2, -0.15) is 5.10 Å². The molecule has 0 saturated carbocycles. The number of fused-ring (bicyclic) bond motifs is 2. The van der Waals surface area contributed by atoms with Crippen molar-refractivity contribution in [3.8, 4) is 0 Å². The van der Waals surface area contributed by atoms with Gasteiger partial charge in [0.1, 0.15) is 0 Å². The second kappa shape index (κ2) is 4.55. The number of hydrogen-bond acceptors (Lipinski definition) is 5. The van der Waals surface area contributed by atoms with Crippen molar-refractivity contribution >= 4 is 17.4 Å². The monoisotopic (exact) mass is 298 g/mol. The van der Waals surface area contributed by atoms with Crippen molar-refractivity contribution in [1.82, 2.24) is 24.1 Å². The summed E-state index contributed by atoms with van der Waals surface area (Å²) in [7, 11) is 0. The van der Waals surface area contributed by atoms with Gasteiger partial charge in [-0.05, 0) is 13.0 Å². The molecule has 3 aromatic rings. The number of aromatic carboxylic acids is 1. The van der Waals surface area contributed by atoms with E-state index in [2.05, 4.69) is 26.0 Å². The minimum absolute atomic E-state index is 0.0205. The number of anilines is 1. The number of carboxylic acids is 1. The van der Waals surface area contributed by atoms with Crippen molar-refractivity contribution < 1.29 is 9.90 Å². The molecule has 0 aliphatic carbocycles. The fourth-order valence-electron chi connectivity index (χ4n) is 2.82. The number of carbonyl (C=O) groups is 1. The first kappa shape index (κ1) is 12.8. The summed E-state index contributed by atoms with van der Waals surface area (Å²) >= 11 is 0. The largest absolute Gasteiger partial charge is 0.476 e. The highest BCUT2D eigenvalue weighted by molar-refractivity contribution is 5.87. The normalized spacial score (nSPS) is 14.3. The Labute approximate surface area is 125 Å². The van der Waals surface area contributed by atoms with Crippen LogP contribution in [0.15, 0.2) is 24.7 Å². The van der Waals surface area contributed by atoms with Gasteiger partial charge in [-0.25, -0.2) is 14.8 Å². The van der Waals surface area contributed by atoms with Crippen molar-refractivity contribution in [3.05, 3.63) is 41.7 Å². The van der Waals surface area contributed by atoms with Crippen LogP contribution >= 0.6 is 0 Å². The van der Waals surface area contributed by atoms with Gasteiger partial charge in [-0.1, -0.05) is 0 Å². The van der Waals surface area contributed by atoms with Gasteiger partial charge in [0.2, 0.25) is 0 Å². The molecule has 1 N–H and O–H groups in total. The quantitative estimate of drug-likeness (QED) is 0.758. The van der Waals surface area contributed by atoms with Crippen molar-refractivity contribution in [1.29, 1.82) is 0 Å². The Morgan fingerprint density at radius 2 is 2.23 bits per heavy atom. The first-order valence-corrected chi connectivity index (χ1v) is 6.97. The SMILES string of the molecule is Cc1cc2n(n1)CCN(c1nccn3cc(C(=O)O)nc13)C2. The number of carboxylic acid groups (broad SMARTS) is 1. The molecule has 1 aliphatic heterocycles. The van der Waals surface area contributed by atoms with Gasteiger partial charge in [0.15, 0.2) is 17.2 Å². The third-order valence-corrected chi connectivity index (χ3v) is 3.80. The lowest BCUT2D eigenvalue weighted by molar-refractivity contribution is 0.0691. The number of hydrogen-bond donors (Lipinski definition) is 1. The van der Waals surface area contributed by atoms with E-state index in [0.29, 0.717) is 18.0 Å². The fraction of sp³-hybridized carbons (Fsp3) is 0.286. The van der Waals surface area contributed by atoms with E-state index >= 15 is 0 Å². The maximum Gasteiger partial charge on any atom is 0.356 e. The molecule has 4 rings (SSSR count). The second-order valence-electron chi connectivity index (χ2n) is 5.33. The standard InChI is InChI=1S/C14H14N6O2/c1-9-6-10-7-19(4-5-20(10)17-9)12-13-16-11(14(21)22)8-18(13)3-2-15-12/h2-3,6,8H,4-5,7H2,1H3,(H,21,22). The molecule has 8 nitrogen and oxygen atoms in total. The maximum atomic E-state index is 11.1. The van der Waals surface area contributed by atoms with Crippen LogP contribution in [-0.4, -0.2) is 41.8 Å². The zero-order valence-electron chi connectivity index (χ0n) is 12.0. The molecule has 3 aromatic heterocycles. The highest BCUT2D eigenvalue weighted by Crippen LogP contribution is 2.23. The lowest BCUT2D eigenvalue weighted by atomic mass is 10.3. The molecule has 4 heterocycles. The number of aromatic nitrogens is 5. The molecule has 0 amide bonds. The topological polar surface area (TPSA) is 88.5 Å². The zero-order chi connectivity index (χ0) is 15.3. The van der Waals surface area contributed by atoms with E-state index in [4.69, 9.17) is 5.11 Å². The van der Waals surface area contributed by atoms with Crippen LogP contribution in [0.4, 0.5) is 5.82 Å². The minimum Gasteiger partial charge on any atom is -0.476 e. The van der Waals surface area contributed by atoms with E-state index < -0.39 is 5.97 Å². The van der Waals surface area contributed by atoms with E-state index in [-0.39, 0.29) is 5.69 Å². The third kappa shape index (κ3) is 1.92.